The van der Waals surface area contributed by atoms with E-state index in [0.29, 0.717) is 29.4 Å². The van der Waals surface area contributed by atoms with Crippen molar-refractivity contribution in [2.45, 2.75) is 53.0 Å². The third-order valence-corrected chi connectivity index (χ3v) is 4.61. The third-order valence-electron chi connectivity index (χ3n) is 4.30. The molecule has 2 aromatic rings. The number of benzene rings is 1. The highest BCUT2D eigenvalue weighted by Crippen LogP contribution is 2.35. The monoisotopic (exact) mass is 377 g/mol. The maximum atomic E-state index is 6.49. The van der Waals surface area contributed by atoms with E-state index in [9.17, 15) is 0 Å². The molecule has 0 amide bonds. The van der Waals surface area contributed by atoms with Gasteiger partial charge >= 0.3 is 0 Å². The molecule has 0 atom stereocenters. The first-order valence-electron chi connectivity index (χ1n) is 9.21. The summed E-state index contributed by atoms with van der Waals surface area (Å²) in [7, 11) is 1.61. The number of nitrogens with one attached hydrogen (secondary N) is 1. The number of nitrogens with zero attached hydrogens (tertiary/aromatic N) is 2. The molecule has 0 radical (unpaired) electrons. The summed E-state index contributed by atoms with van der Waals surface area (Å²) in [5, 5.41) is 4.03. The standard InChI is InChI=1S/C20H28ClN3O2/c1-6-13(7-2)22-19-20(25-5)24-18(17(8-3)23-19)15-11-10-14(26-9-4)12-16(15)21/h10-13H,6-9H2,1-5H3,(H,22,23). The van der Waals surface area contributed by atoms with Gasteiger partial charge < -0.3 is 14.8 Å². The molecule has 2 rings (SSSR count). The van der Waals surface area contributed by atoms with Crippen molar-refractivity contribution in [3.05, 3.63) is 28.9 Å². The molecule has 1 heterocycles. The van der Waals surface area contributed by atoms with Gasteiger partial charge in [-0.2, -0.15) is 0 Å². The van der Waals surface area contributed by atoms with Crippen molar-refractivity contribution in [1.82, 2.24) is 9.97 Å². The lowest BCUT2D eigenvalue weighted by Gasteiger charge is -2.19. The lowest BCUT2D eigenvalue weighted by Crippen LogP contribution is -2.19. The van der Waals surface area contributed by atoms with Crippen LogP contribution in [0.4, 0.5) is 5.82 Å². The number of aromatic nitrogens is 2. The van der Waals surface area contributed by atoms with Gasteiger partial charge in [-0.1, -0.05) is 32.4 Å². The number of aryl methyl sites for hydroxylation is 1. The molecule has 0 fully saturated rings. The van der Waals surface area contributed by atoms with Crippen LogP contribution in [-0.4, -0.2) is 29.7 Å². The Kier molecular flexibility index (Phi) is 7.51. The molecule has 6 heteroatoms. The summed E-state index contributed by atoms with van der Waals surface area (Å²) in [6.07, 6.45) is 2.76. The molecule has 1 aromatic carbocycles. The Balaban J connectivity index is 2.49. The van der Waals surface area contributed by atoms with Crippen LogP contribution in [0.15, 0.2) is 18.2 Å². The Morgan fingerprint density at radius 1 is 1.12 bits per heavy atom. The van der Waals surface area contributed by atoms with Crippen LogP contribution < -0.4 is 14.8 Å². The predicted octanol–water partition coefficient (Wildman–Crippen LogP) is 5.37. The molecule has 0 unspecified atom stereocenters. The smallest absolute Gasteiger partial charge is 0.257 e. The average Bonchev–Trinajstić information content (AvgIpc) is 2.66. The van der Waals surface area contributed by atoms with Crippen molar-refractivity contribution in [3.63, 3.8) is 0 Å². The molecule has 142 valence electrons. The summed E-state index contributed by atoms with van der Waals surface area (Å²) in [6.45, 7) is 8.90. The highest BCUT2D eigenvalue weighted by molar-refractivity contribution is 6.33. The first-order valence-corrected chi connectivity index (χ1v) is 9.59. The fourth-order valence-corrected chi connectivity index (χ4v) is 3.04. The first-order chi connectivity index (χ1) is 12.6. The number of anilines is 1. The van der Waals surface area contributed by atoms with Gasteiger partial charge in [0.15, 0.2) is 5.82 Å². The zero-order chi connectivity index (χ0) is 19.1. The Morgan fingerprint density at radius 2 is 1.85 bits per heavy atom. The van der Waals surface area contributed by atoms with Gasteiger partial charge in [-0.25, -0.2) is 9.97 Å². The molecule has 0 spiro atoms. The van der Waals surface area contributed by atoms with Crippen molar-refractivity contribution < 1.29 is 9.47 Å². The van der Waals surface area contributed by atoms with E-state index in [1.807, 2.05) is 25.1 Å². The third kappa shape index (κ3) is 4.58. The lowest BCUT2D eigenvalue weighted by atomic mass is 10.1. The molecule has 0 aliphatic carbocycles. The number of methoxy groups -OCH3 is 1. The molecule has 0 saturated carbocycles. The zero-order valence-electron chi connectivity index (χ0n) is 16.2. The van der Waals surface area contributed by atoms with Crippen LogP contribution >= 0.6 is 11.6 Å². The van der Waals surface area contributed by atoms with Crippen molar-refractivity contribution in [1.29, 1.82) is 0 Å². The van der Waals surface area contributed by atoms with E-state index in [0.717, 1.165) is 42.0 Å². The fourth-order valence-electron chi connectivity index (χ4n) is 2.78. The molecular formula is C20H28ClN3O2. The maximum absolute atomic E-state index is 6.49. The summed E-state index contributed by atoms with van der Waals surface area (Å²) >= 11 is 6.49. The topological polar surface area (TPSA) is 56.3 Å². The first kappa shape index (κ1) is 20.3. The molecule has 0 saturated heterocycles. The minimum Gasteiger partial charge on any atom is -0.494 e. The number of halogens is 1. The van der Waals surface area contributed by atoms with E-state index in [-0.39, 0.29) is 0 Å². The fraction of sp³-hybridized carbons (Fsp3) is 0.500. The average molecular weight is 378 g/mol. The van der Waals surface area contributed by atoms with Crippen LogP contribution in [-0.2, 0) is 6.42 Å². The van der Waals surface area contributed by atoms with Gasteiger partial charge in [-0.3, -0.25) is 0 Å². The molecule has 26 heavy (non-hydrogen) atoms. The van der Waals surface area contributed by atoms with Crippen LogP contribution in [0.25, 0.3) is 11.3 Å². The Morgan fingerprint density at radius 3 is 2.38 bits per heavy atom. The van der Waals surface area contributed by atoms with Gasteiger partial charge in [0.1, 0.15) is 5.75 Å². The van der Waals surface area contributed by atoms with Gasteiger partial charge in [0, 0.05) is 11.6 Å². The number of hydrogen-bond donors (Lipinski definition) is 1. The minimum atomic E-state index is 0.336. The van der Waals surface area contributed by atoms with E-state index < -0.39 is 0 Å². The second-order valence-corrected chi connectivity index (χ2v) is 6.37. The molecule has 5 nitrogen and oxygen atoms in total. The summed E-state index contributed by atoms with van der Waals surface area (Å²) in [4.78, 5) is 9.50. The van der Waals surface area contributed by atoms with Crippen LogP contribution in [0, 0.1) is 0 Å². The molecule has 0 aliphatic rings. The van der Waals surface area contributed by atoms with Crippen LogP contribution in [0.3, 0.4) is 0 Å². The second kappa shape index (κ2) is 9.62. The second-order valence-electron chi connectivity index (χ2n) is 5.96. The molecule has 1 N–H and O–H groups in total. The largest absolute Gasteiger partial charge is 0.494 e. The lowest BCUT2D eigenvalue weighted by molar-refractivity contribution is 0.340. The van der Waals surface area contributed by atoms with Gasteiger partial charge in [0.2, 0.25) is 0 Å². The van der Waals surface area contributed by atoms with E-state index >= 15 is 0 Å². The van der Waals surface area contributed by atoms with Crippen molar-refractivity contribution in [2.24, 2.45) is 0 Å². The van der Waals surface area contributed by atoms with Crippen molar-refractivity contribution in [2.75, 3.05) is 19.0 Å². The van der Waals surface area contributed by atoms with Crippen LogP contribution in [0.1, 0.15) is 46.2 Å². The maximum Gasteiger partial charge on any atom is 0.257 e. The SMILES string of the molecule is CCOc1ccc(-c2nc(OC)c(NC(CC)CC)nc2CC)c(Cl)c1. The quantitative estimate of drug-likeness (QED) is 0.636. The predicted molar refractivity (Wildman–Crippen MR) is 108 cm³/mol. The van der Waals surface area contributed by atoms with E-state index in [2.05, 4.69) is 26.1 Å². The molecular weight excluding hydrogens is 350 g/mol. The summed E-state index contributed by atoms with van der Waals surface area (Å²) in [5.41, 5.74) is 2.45. The minimum absolute atomic E-state index is 0.336. The van der Waals surface area contributed by atoms with E-state index in [1.165, 1.54) is 0 Å². The van der Waals surface area contributed by atoms with E-state index in [1.54, 1.807) is 7.11 Å². The highest BCUT2D eigenvalue weighted by Gasteiger charge is 2.18. The van der Waals surface area contributed by atoms with Crippen molar-refractivity contribution >= 4 is 17.4 Å². The van der Waals surface area contributed by atoms with Crippen LogP contribution in [0.2, 0.25) is 5.02 Å². The molecule has 0 bridgehead atoms. The normalized spacial score (nSPS) is 10.9. The summed E-state index contributed by atoms with van der Waals surface area (Å²) in [5.74, 6) is 1.91. The highest BCUT2D eigenvalue weighted by atomic mass is 35.5. The molecule has 0 aliphatic heterocycles. The van der Waals surface area contributed by atoms with Crippen LogP contribution in [0.5, 0.6) is 11.6 Å². The number of hydrogen-bond acceptors (Lipinski definition) is 5. The Hall–Kier alpha value is -2.01. The summed E-state index contributed by atoms with van der Waals surface area (Å²) in [6, 6.07) is 5.96. The number of rotatable bonds is 9. The van der Waals surface area contributed by atoms with Gasteiger partial charge in [0.05, 0.1) is 30.1 Å². The number of ether oxygens (including phenoxy) is 2. The van der Waals surface area contributed by atoms with E-state index in [4.69, 9.17) is 31.0 Å². The van der Waals surface area contributed by atoms with Gasteiger partial charge in [-0.15, -0.1) is 0 Å². The Labute approximate surface area is 161 Å². The molecule has 1 aromatic heterocycles. The zero-order valence-corrected chi connectivity index (χ0v) is 17.0. The van der Waals surface area contributed by atoms with Gasteiger partial charge in [-0.05, 0) is 44.4 Å². The van der Waals surface area contributed by atoms with Crippen molar-refractivity contribution in [3.8, 4) is 22.9 Å². The summed E-state index contributed by atoms with van der Waals surface area (Å²) < 4.78 is 11.0. The van der Waals surface area contributed by atoms with Gasteiger partial charge in [0.25, 0.3) is 5.88 Å². The Bertz CT molecular complexity index is 733.